The molecule has 0 aromatic heterocycles. The maximum absolute atomic E-state index is 8.52. The first kappa shape index (κ1) is 15.1. The molecule has 0 bridgehead atoms. The summed E-state index contributed by atoms with van der Waals surface area (Å²) >= 11 is 0. The standard InChI is InChI=1S/C8H10O.C6H14O/c9-7-6-8-4-2-1-3-5-8;1-5(2)7-6(3)4/h1-5,9H,6-7H2;5-6H,1-4H3. The fourth-order valence-electron chi connectivity index (χ4n) is 1.32. The first-order chi connectivity index (χ1) is 7.56. The first-order valence-electron chi connectivity index (χ1n) is 5.86. The minimum atomic E-state index is 0.240. The Kier molecular flexibility index (Phi) is 8.87. The lowest BCUT2D eigenvalue weighted by Gasteiger charge is -2.09. The van der Waals surface area contributed by atoms with Gasteiger partial charge in [-0.25, -0.2) is 0 Å². The van der Waals surface area contributed by atoms with Crippen LogP contribution in [0.25, 0.3) is 0 Å². The predicted molar refractivity (Wildman–Crippen MR) is 68.6 cm³/mol. The Morgan fingerprint density at radius 3 is 1.81 bits per heavy atom. The van der Waals surface area contributed by atoms with E-state index in [0.29, 0.717) is 12.2 Å². The van der Waals surface area contributed by atoms with Gasteiger partial charge in [-0.15, -0.1) is 0 Å². The molecule has 2 nitrogen and oxygen atoms in total. The molecule has 16 heavy (non-hydrogen) atoms. The highest BCUT2D eigenvalue weighted by molar-refractivity contribution is 5.14. The highest BCUT2D eigenvalue weighted by atomic mass is 16.5. The third kappa shape index (κ3) is 9.69. The second-order valence-corrected chi connectivity index (χ2v) is 4.19. The number of aliphatic hydroxyl groups excluding tert-OH is 1. The molecule has 0 aliphatic carbocycles. The minimum Gasteiger partial charge on any atom is -0.396 e. The molecule has 1 aromatic rings. The van der Waals surface area contributed by atoms with Crippen LogP contribution in [0.1, 0.15) is 33.3 Å². The molecule has 0 aliphatic heterocycles. The maximum atomic E-state index is 8.52. The van der Waals surface area contributed by atoms with E-state index in [1.165, 1.54) is 5.56 Å². The van der Waals surface area contributed by atoms with Crippen molar-refractivity contribution in [2.24, 2.45) is 0 Å². The van der Waals surface area contributed by atoms with Gasteiger partial charge >= 0.3 is 0 Å². The number of aliphatic hydroxyl groups is 1. The molecule has 0 fully saturated rings. The van der Waals surface area contributed by atoms with E-state index in [-0.39, 0.29) is 6.61 Å². The molecular formula is C14H24O2. The van der Waals surface area contributed by atoms with Gasteiger partial charge in [0.05, 0.1) is 12.2 Å². The van der Waals surface area contributed by atoms with Crippen LogP contribution < -0.4 is 0 Å². The molecule has 0 radical (unpaired) electrons. The van der Waals surface area contributed by atoms with Crippen LogP contribution in [0.4, 0.5) is 0 Å². The fourth-order valence-corrected chi connectivity index (χ4v) is 1.32. The van der Waals surface area contributed by atoms with Gasteiger partial charge in [0.15, 0.2) is 0 Å². The summed E-state index contributed by atoms with van der Waals surface area (Å²) in [6.45, 7) is 8.41. The van der Waals surface area contributed by atoms with E-state index in [9.17, 15) is 0 Å². The summed E-state index contributed by atoms with van der Waals surface area (Å²) in [7, 11) is 0. The third-order valence-electron chi connectivity index (χ3n) is 1.79. The number of rotatable bonds is 4. The van der Waals surface area contributed by atoms with Gasteiger partial charge in [-0.05, 0) is 39.7 Å². The zero-order valence-corrected chi connectivity index (χ0v) is 10.8. The summed E-state index contributed by atoms with van der Waals surface area (Å²) in [5.41, 5.74) is 1.19. The van der Waals surface area contributed by atoms with Crippen LogP contribution in [0.3, 0.4) is 0 Å². The van der Waals surface area contributed by atoms with Crippen LogP contribution >= 0.6 is 0 Å². The van der Waals surface area contributed by atoms with Gasteiger partial charge in [0.25, 0.3) is 0 Å². The highest BCUT2D eigenvalue weighted by Gasteiger charge is 1.94. The van der Waals surface area contributed by atoms with Crippen molar-refractivity contribution in [3.05, 3.63) is 35.9 Å². The van der Waals surface area contributed by atoms with Crippen LogP contribution in [0.15, 0.2) is 30.3 Å². The molecule has 1 aromatic carbocycles. The van der Waals surface area contributed by atoms with E-state index in [0.717, 1.165) is 6.42 Å². The Morgan fingerprint density at radius 2 is 1.50 bits per heavy atom. The van der Waals surface area contributed by atoms with Crippen LogP contribution in [-0.2, 0) is 11.2 Å². The van der Waals surface area contributed by atoms with E-state index in [1.54, 1.807) is 0 Å². The van der Waals surface area contributed by atoms with Crippen molar-refractivity contribution in [1.29, 1.82) is 0 Å². The lowest BCUT2D eigenvalue weighted by molar-refractivity contribution is 0.0300. The maximum Gasteiger partial charge on any atom is 0.0522 e. The molecule has 2 heteroatoms. The number of benzene rings is 1. The van der Waals surface area contributed by atoms with Gasteiger partial charge in [0.2, 0.25) is 0 Å². The molecule has 1 N–H and O–H groups in total. The summed E-state index contributed by atoms with van der Waals surface area (Å²) in [5, 5.41) is 8.52. The predicted octanol–water partition coefficient (Wildman–Crippen LogP) is 3.04. The zero-order chi connectivity index (χ0) is 12.4. The van der Waals surface area contributed by atoms with E-state index < -0.39 is 0 Å². The lowest BCUT2D eigenvalue weighted by Crippen LogP contribution is -2.09. The van der Waals surface area contributed by atoms with Crippen LogP contribution in [-0.4, -0.2) is 23.9 Å². The highest BCUT2D eigenvalue weighted by Crippen LogP contribution is 1.97. The van der Waals surface area contributed by atoms with Gasteiger partial charge in [0, 0.05) is 6.61 Å². The van der Waals surface area contributed by atoms with Crippen molar-refractivity contribution in [3.8, 4) is 0 Å². The van der Waals surface area contributed by atoms with Crippen molar-refractivity contribution >= 4 is 0 Å². The number of hydrogen-bond acceptors (Lipinski definition) is 2. The van der Waals surface area contributed by atoms with Crippen molar-refractivity contribution in [2.75, 3.05) is 6.61 Å². The molecule has 0 aliphatic rings. The van der Waals surface area contributed by atoms with Crippen molar-refractivity contribution in [3.63, 3.8) is 0 Å². The SMILES string of the molecule is CC(C)OC(C)C.OCCc1ccccc1. The Bertz CT molecular complexity index is 236. The average molecular weight is 224 g/mol. The summed E-state index contributed by atoms with van der Waals surface area (Å²) in [4.78, 5) is 0. The van der Waals surface area contributed by atoms with E-state index in [1.807, 2.05) is 58.0 Å². The fraction of sp³-hybridized carbons (Fsp3) is 0.571. The van der Waals surface area contributed by atoms with Gasteiger partial charge in [-0.1, -0.05) is 30.3 Å². The molecule has 0 unspecified atom stereocenters. The van der Waals surface area contributed by atoms with Gasteiger partial charge < -0.3 is 9.84 Å². The molecule has 1 rings (SSSR count). The van der Waals surface area contributed by atoms with Crippen molar-refractivity contribution in [2.45, 2.75) is 46.3 Å². The lowest BCUT2D eigenvalue weighted by atomic mass is 10.2. The van der Waals surface area contributed by atoms with E-state index in [2.05, 4.69) is 0 Å². The Labute approximate surface area is 99.3 Å². The average Bonchev–Trinajstić information content (AvgIpc) is 2.18. The van der Waals surface area contributed by atoms with Crippen molar-refractivity contribution < 1.29 is 9.84 Å². The number of ether oxygens (including phenoxy) is 1. The number of hydrogen-bond donors (Lipinski definition) is 1. The Morgan fingerprint density at radius 1 is 1.00 bits per heavy atom. The Hall–Kier alpha value is -0.860. The molecular weight excluding hydrogens is 200 g/mol. The van der Waals surface area contributed by atoms with Gasteiger partial charge in [0.1, 0.15) is 0 Å². The topological polar surface area (TPSA) is 29.5 Å². The molecule has 0 spiro atoms. The molecule has 0 heterocycles. The molecule has 92 valence electrons. The van der Waals surface area contributed by atoms with Gasteiger partial charge in [-0.2, -0.15) is 0 Å². The second-order valence-electron chi connectivity index (χ2n) is 4.19. The minimum absolute atomic E-state index is 0.240. The van der Waals surface area contributed by atoms with Crippen LogP contribution in [0, 0.1) is 0 Å². The van der Waals surface area contributed by atoms with E-state index in [4.69, 9.17) is 9.84 Å². The second kappa shape index (κ2) is 9.37. The molecule has 0 saturated carbocycles. The third-order valence-corrected chi connectivity index (χ3v) is 1.79. The summed E-state index contributed by atoms with van der Waals surface area (Å²) in [6, 6.07) is 9.95. The first-order valence-corrected chi connectivity index (χ1v) is 5.86. The monoisotopic (exact) mass is 224 g/mol. The molecule has 0 atom stereocenters. The molecule has 0 saturated heterocycles. The largest absolute Gasteiger partial charge is 0.396 e. The van der Waals surface area contributed by atoms with Crippen LogP contribution in [0.2, 0.25) is 0 Å². The van der Waals surface area contributed by atoms with E-state index >= 15 is 0 Å². The zero-order valence-electron chi connectivity index (χ0n) is 10.8. The normalized spacial score (nSPS) is 10.2. The summed E-state index contributed by atoms with van der Waals surface area (Å²) in [5.74, 6) is 0. The molecule has 0 amide bonds. The van der Waals surface area contributed by atoms with Crippen molar-refractivity contribution in [1.82, 2.24) is 0 Å². The quantitative estimate of drug-likeness (QED) is 0.851. The van der Waals surface area contributed by atoms with Gasteiger partial charge in [-0.3, -0.25) is 0 Å². The Balaban J connectivity index is 0.000000293. The smallest absolute Gasteiger partial charge is 0.0522 e. The summed E-state index contributed by atoms with van der Waals surface area (Å²) < 4.78 is 5.25. The summed E-state index contributed by atoms with van der Waals surface area (Å²) in [6.07, 6.45) is 1.51. The van der Waals surface area contributed by atoms with Crippen LogP contribution in [0.5, 0.6) is 0 Å².